The minimum absolute atomic E-state index is 0.0994. The zero-order valence-electron chi connectivity index (χ0n) is 12.5. The SMILES string of the molecule is Cc1ccc(Nc2cnc(C(=O)N3CCOCC3)cn2)cc1. The van der Waals surface area contributed by atoms with Crippen molar-refractivity contribution in [3.8, 4) is 0 Å². The van der Waals surface area contributed by atoms with Crippen LogP contribution in [0.1, 0.15) is 16.1 Å². The van der Waals surface area contributed by atoms with Gasteiger partial charge in [-0.05, 0) is 19.1 Å². The molecule has 0 atom stereocenters. The molecule has 2 heterocycles. The van der Waals surface area contributed by atoms with Crippen LogP contribution in [0.5, 0.6) is 0 Å². The largest absolute Gasteiger partial charge is 0.378 e. The average molecular weight is 298 g/mol. The lowest BCUT2D eigenvalue weighted by Crippen LogP contribution is -2.41. The highest BCUT2D eigenvalue weighted by molar-refractivity contribution is 5.92. The van der Waals surface area contributed by atoms with Gasteiger partial charge in [-0.3, -0.25) is 4.79 Å². The van der Waals surface area contributed by atoms with Crippen molar-refractivity contribution in [1.82, 2.24) is 14.9 Å². The van der Waals surface area contributed by atoms with Crippen molar-refractivity contribution in [3.05, 3.63) is 47.9 Å². The van der Waals surface area contributed by atoms with Gasteiger partial charge in [0.25, 0.3) is 5.91 Å². The standard InChI is InChI=1S/C16H18N4O2/c1-12-2-4-13(5-3-12)19-15-11-17-14(10-18-15)16(21)20-6-8-22-9-7-20/h2-5,10-11H,6-9H2,1H3,(H,18,19). The molecule has 114 valence electrons. The van der Waals surface area contributed by atoms with Gasteiger partial charge in [-0.2, -0.15) is 0 Å². The molecule has 0 aliphatic carbocycles. The number of hydrogen-bond donors (Lipinski definition) is 1. The van der Waals surface area contributed by atoms with Gasteiger partial charge in [0.05, 0.1) is 25.6 Å². The summed E-state index contributed by atoms with van der Waals surface area (Å²) in [6, 6.07) is 7.99. The first kappa shape index (κ1) is 14.5. The Morgan fingerprint density at radius 3 is 2.50 bits per heavy atom. The van der Waals surface area contributed by atoms with Crippen molar-refractivity contribution in [2.45, 2.75) is 6.92 Å². The number of amides is 1. The number of nitrogens with zero attached hydrogens (tertiary/aromatic N) is 3. The van der Waals surface area contributed by atoms with E-state index in [9.17, 15) is 4.79 Å². The van der Waals surface area contributed by atoms with Gasteiger partial charge in [0.2, 0.25) is 0 Å². The number of carbonyl (C=O) groups is 1. The number of benzene rings is 1. The lowest BCUT2D eigenvalue weighted by atomic mass is 10.2. The molecule has 6 heteroatoms. The Morgan fingerprint density at radius 2 is 1.86 bits per heavy atom. The molecule has 0 spiro atoms. The van der Waals surface area contributed by atoms with E-state index in [2.05, 4.69) is 15.3 Å². The fourth-order valence-electron chi connectivity index (χ4n) is 2.22. The van der Waals surface area contributed by atoms with E-state index in [4.69, 9.17) is 4.74 Å². The lowest BCUT2D eigenvalue weighted by Gasteiger charge is -2.26. The minimum Gasteiger partial charge on any atom is -0.378 e. The number of nitrogens with one attached hydrogen (secondary N) is 1. The number of rotatable bonds is 3. The number of carbonyl (C=O) groups excluding carboxylic acids is 1. The Kier molecular flexibility index (Phi) is 4.29. The number of ether oxygens (including phenoxy) is 1. The molecule has 2 aromatic rings. The fourth-order valence-corrected chi connectivity index (χ4v) is 2.22. The van der Waals surface area contributed by atoms with Crippen molar-refractivity contribution in [2.24, 2.45) is 0 Å². The monoisotopic (exact) mass is 298 g/mol. The van der Waals surface area contributed by atoms with Gasteiger partial charge in [0.1, 0.15) is 11.5 Å². The molecule has 1 aromatic carbocycles. The molecule has 1 aliphatic heterocycles. The summed E-state index contributed by atoms with van der Waals surface area (Å²) in [4.78, 5) is 22.5. The molecule has 3 rings (SSSR count). The molecule has 1 fully saturated rings. The second-order valence-electron chi connectivity index (χ2n) is 5.18. The zero-order chi connectivity index (χ0) is 15.4. The van der Waals surface area contributed by atoms with E-state index in [1.54, 1.807) is 11.1 Å². The second kappa shape index (κ2) is 6.53. The molecule has 22 heavy (non-hydrogen) atoms. The summed E-state index contributed by atoms with van der Waals surface area (Å²) in [5.41, 5.74) is 2.49. The first-order valence-electron chi connectivity index (χ1n) is 7.25. The van der Waals surface area contributed by atoms with Crippen molar-refractivity contribution in [2.75, 3.05) is 31.6 Å². The Morgan fingerprint density at radius 1 is 1.14 bits per heavy atom. The van der Waals surface area contributed by atoms with Crippen LogP contribution < -0.4 is 5.32 Å². The van der Waals surface area contributed by atoms with E-state index < -0.39 is 0 Å². The highest BCUT2D eigenvalue weighted by atomic mass is 16.5. The fraction of sp³-hybridized carbons (Fsp3) is 0.312. The maximum atomic E-state index is 12.3. The van der Waals surface area contributed by atoms with Crippen molar-refractivity contribution in [1.29, 1.82) is 0 Å². The average Bonchev–Trinajstić information content (AvgIpc) is 2.58. The number of aryl methyl sites for hydroxylation is 1. The van der Waals surface area contributed by atoms with E-state index in [0.29, 0.717) is 37.8 Å². The number of aromatic nitrogens is 2. The maximum absolute atomic E-state index is 12.3. The number of morpholine rings is 1. The van der Waals surface area contributed by atoms with Crippen LogP contribution in [0.15, 0.2) is 36.7 Å². The molecule has 0 bridgehead atoms. The molecule has 1 amide bonds. The summed E-state index contributed by atoms with van der Waals surface area (Å²) in [7, 11) is 0. The first-order chi connectivity index (χ1) is 10.7. The van der Waals surface area contributed by atoms with E-state index in [1.165, 1.54) is 11.8 Å². The summed E-state index contributed by atoms with van der Waals surface area (Å²) < 4.78 is 5.24. The molecular formula is C16H18N4O2. The van der Waals surface area contributed by atoms with Gasteiger partial charge in [-0.1, -0.05) is 17.7 Å². The van der Waals surface area contributed by atoms with Crippen LogP contribution in [0, 0.1) is 6.92 Å². The Labute approximate surface area is 129 Å². The van der Waals surface area contributed by atoms with Crippen molar-refractivity contribution >= 4 is 17.4 Å². The van der Waals surface area contributed by atoms with Crippen LogP contribution in [-0.2, 0) is 4.74 Å². The second-order valence-corrected chi connectivity index (χ2v) is 5.18. The van der Waals surface area contributed by atoms with E-state index in [-0.39, 0.29) is 5.91 Å². The van der Waals surface area contributed by atoms with Gasteiger partial charge in [0.15, 0.2) is 0 Å². The summed E-state index contributed by atoms with van der Waals surface area (Å²) in [6.45, 7) is 4.39. The predicted molar refractivity (Wildman–Crippen MR) is 83.2 cm³/mol. The molecule has 0 radical (unpaired) electrons. The topological polar surface area (TPSA) is 67.4 Å². The molecule has 0 saturated carbocycles. The van der Waals surface area contributed by atoms with Gasteiger partial charge in [0, 0.05) is 18.8 Å². The predicted octanol–water partition coefficient (Wildman–Crippen LogP) is 2.00. The number of anilines is 2. The summed E-state index contributed by atoms with van der Waals surface area (Å²) >= 11 is 0. The summed E-state index contributed by atoms with van der Waals surface area (Å²) in [6.07, 6.45) is 3.09. The van der Waals surface area contributed by atoms with E-state index >= 15 is 0 Å². The molecule has 0 unspecified atom stereocenters. The minimum atomic E-state index is -0.0994. The van der Waals surface area contributed by atoms with Gasteiger partial charge < -0.3 is 15.0 Å². The Hall–Kier alpha value is -2.47. The lowest BCUT2D eigenvalue weighted by molar-refractivity contribution is 0.0298. The van der Waals surface area contributed by atoms with Crippen molar-refractivity contribution < 1.29 is 9.53 Å². The highest BCUT2D eigenvalue weighted by Crippen LogP contribution is 2.14. The van der Waals surface area contributed by atoms with Gasteiger partial charge >= 0.3 is 0 Å². The maximum Gasteiger partial charge on any atom is 0.274 e. The summed E-state index contributed by atoms with van der Waals surface area (Å²) in [5, 5.41) is 3.16. The summed E-state index contributed by atoms with van der Waals surface area (Å²) in [5.74, 6) is 0.514. The van der Waals surface area contributed by atoms with E-state index in [0.717, 1.165) is 5.69 Å². The first-order valence-corrected chi connectivity index (χ1v) is 7.25. The van der Waals surface area contributed by atoms with Crippen LogP contribution in [0.2, 0.25) is 0 Å². The smallest absolute Gasteiger partial charge is 0.274 e. The van der Waals surface area contributed by atoms with Crippen LogP contribution in [0.3, 0.4) is 0 Å². The van der Waals surface area contributed by atoms with Crippen LogP contribution in [-0.4, -0.2) is 47.1 Å². The molecule has 1 aromatic heterocycles. The molecule has 1 N–H and O–H groups in total. The Balaban J connectivity index is 1.66. The molecular weight excluding hydrogens is 280 g/mol. The third-order valence-electron chi connectivity index (χ3n) is 3.49. The van der Waals surface area contributed by atoms with Gasteiger partial charge in [-0.25, -0.2) is 9.97 Å². The van der Waals surface area contributed by atoms with Crippen LogP contribution >= 0.6 is 0 Å². The van der Waals surface area contributed by atoms with E-state index in [1.807, 2.05) is 31.2 Å². The third-order valence-corrected chi connectivity index (χ3v) is 3.49. The highest BCUT2D eigenvalue weighted by Gasteiger charge is 2.19. The molecule has 1 saturated heterocycles. The number of hydrogen-bond acceptors (Lipinski definition) is 5. The van der Waals surface area contributed by atoms with Crippen LogP contribution in [0.25, 0.3) is 0 Å². The quantitative estimate of drug-likeness (QED) is 0.938. The van der Waals surface area contributed by atoms with Crippen LogP contribution in [0.4, 0.5) is 11.5 Å². The molecule has 1 aliphatic rings. The zero-order valence-corrected chi connectivity index (χ0v) is 12.5. The Bertz CT molecular complexity index is 634. The third kappa shape index (κ3) is 3.40. The normalized spacial score (nSPS) is 14.7. The van der Waals surface area contributed by atoms with Gasteiger partial charge in [-0.15, -0.1) is 0 Å². The molecule has 6 nitrogen and oxygen atoms in total. The van der Waals surface area contributed by atoms with Crippen molar-refractivity contribution in [3.63, 3.8) is 0 Å².